The van der Waals surface area contributed by atoms with Gasteiger partial charge in [0.1, 0.15) is 0 Å². The third kappa shape index (κ3) is 2.61. The predicted molar refractivity (Wildman–Crippen MR) is 74.0 cm³/mol. The van der Waals surface area contributed by atoms with Crippen molar-refractivity contribution in [1.82, 2.24) is 9.78 Å². The Kier molecular flexibility index (Phi) is 3.34. The quantitative estimate of drug-likeness (QED) is 0.848. The van der Waals surface area contributed by atoms with Crippen LogP contribution in [0.5, 0.6) is 0 Å². The maximum Gasteiger partial charge on any atom is 0.337 e. The van der Waals surface area contributed by atoms with Gasteiger partial charge in [-0.25, -0.2) is 4.79 Å². The smallest absolute Gasteiger partial charge is 0.337 e. The molecule has 0 aliphatic carbocycles. The molecule has 104 valence electrons. The minimum absolute atomic E-state index is 0.0103. The fraction of sp³-hybridized carbons (Fsp3) is 0.538. The van der Waals surface area contributed by atoms with Crippen molar-refractivity contribution in [3.05, 3.63) is 22.4 Å². The summed E-state index contributed by atoms with van der Waals surface area (Å²) in [5, 5.41) is 7.76. The van der Waals surface area contributed by atoms with Gasteiger partial charge < -0.3 is 10.1 Å². The lowest BCUT2D eigenvalue weighted by molar-refractivity contribution is -0.138. The number of anilines is 1. The number of aromatic nitrogens is 2. The van der Waals surface area contributed by atoms with Gasteiger partial charge in [-0.2, -0.15) is 5.10 Å². The van der Waals surface area contributed by atoms with E-state index in [1.54, 1.807) is 6.92 Å². The lowest BCUT2D eigenvalue weighted by atomic mass is 9.92. The number of aryl methyl sites for hydroxylation is 1. The van der Waals surface area contributed by atoms with Crippen molar-refractivity contribution >= 4 is 23.4 Å². The molecule has 1 aromatic heterocycles. The maximum atomic E-state index is 11.4. The van der Waals surface area contributed by atoms with Gasteiger partial charge >= 0.3 is 5.97 Å². The zero-order valence-corrected chi connectivity index (χ0v) is 12.5. The average Bonchev–Trinajstić information content (AvgIpc) is 2.76. The molecule has 1 aromatic rings. The van der Waals surface area contributed by atoms with E-state index in [9.17, 15) is 4.79 Å². The summed E-state index contributed by atoms with van der Waals surface area (Å²) in [5.74, 6) is 0.243. The first-order valence-electron chi connectivity index (χ1n) is 6.08. The molecule has 0 saturated heterocycles. The van der Waals surface area contributed by atoms with Crippen LogP contribution in [0.2, 0.25) is 0 Å². The van der Waals surface area contributed by atoms with Crippen LogP contribution in [0.1, 0.15) is 33.4 Å². The third-order valence-corrected chi connectivity index (χ3v) is 3.53. The van der Waals surface area contributed by atoms with E-state index >= 15 is 0 Å². The normalized spacial score (nSPS) is 19.9. The highest BCUT2D eigenvalue weighted by Gasteiger charge is 2.31. The molecule has 0 fully saturated rings. The molecule has 1 N–H and O–H groups in total. The van der Waals surface area contributed by atoms with Gasteiger partial charge in [0.05, 0.1) is 10.6 Å². The molecule has 2 heterocycles. The number of hydrogen-bond donors (Lipinski definition) is 1. The number of nitrogens with zero attached hydrogens (tertiary/aromatic N) is 2. The molecule has 0 amide bonds. The van der Waals surface area contributed by atoms with Gasteiger partial charge in [0, 0.05) is 24.2 Å². The first-order chi connectivity index (χ1) is 8.70. The fourth-order valence-corrected chi connectivity index (χ4v) is 2.18. The van der Waals surface area contributed by atoms with Crippen LogP contribution in [0.15, 0.2) is 16.7 Å². The molecular weight excluding hydrogens is 266 g/mol. The zero-order valence-electron chi connectivity index (χ0n) is 11.7. The van der Waals surface area contributed by atoms with Gasteiger partial charge in [-0.3, -0.25) is 4.68 Å². The second-order valence-electron chi connectivity index (χ2n) is 5.69. The molecular formula is C13H18ClN3O2. The molecule has 0 radical (unpaired) electrons. The molecule has 0 saturated carbocycles. The number of nitrogens with one attached hydrogen (secondary N) is 1. The predicted octanol–water partition coefficient (Wildman–Crippen LogP) is 2.53. The second kappa shape index (κ2) is 4.56. The maximum absolute atomic E-state index is 11.4. The standard InChI is InChI=1S/C13H18ClN3O2/c1-7-10(14)11(19-12(7)18)15-9-6-8(13(2,3)4)17(5)16-9/h6,11H,1-5H3,(H,15,16). The fourth-order valence-electron chi connectivity index (χ4n) is 2.01. The van der Waals surface area contributed by atoms with Crippen molar-refractivity contribution in [2.45, 2.75) is 39.3 Å². The minimum Gasteiger partial charge on any atom is -0.433 e. The summed E-state index contributed by atoms with van der Waals surface area (Å²) in [4.78, 5) is 11.4. The number of rotatable bonds is 2. The molecule has 0 bridgehead atoms. The van der Waals surface area contributed by atoms with Gasteiger partial charge in [0.25, 0.3) is 0 Å². The van der Waals surface area contributed by atoms with Gasteiger partial charge in [0.15, 0.2) is 5.82 Å². The van der Waals surface area contributed by atoms with E-state index in [1.807, 2.05) is 17.8 Å². The van der Waals surface area contributed by atoms with Gasteiger partial charge in [-0.1, -0.05) is 32.4 Å². The summed E-state index contributed by atoms with van der Waals surface area (Å²) in [5.41, 5.74) is 1.51. The van der Waals surface area contributed by atoms with Crippen LogP contribution in [-0.4, -0.2) is 22.0 Å². The highest BCUT2D eigenvalue weighted by Crippen LogP contribution is 2.28. The van der Waals surface area contributed by atoms with Crippen molar-refractivity contribution in [2.75, 3.05) is 5.32 Å². The Morgan fingerprint density at radius 3 is 2.53 bits per heavy atom. The van der Waals surface area contributed by atoms with E-state index in [2.05, 4.69) is 31.2 Å². The van der Waals surface area contributed by atoms with E-state index in [-0.39, 0.29) is 5.41 Å². The lowest BCUT2D eigenvalue weighted by Gasteiger charge is -2.17. The zero-order chi connectivity index (χ0) is 14.4. The lowest BCUT2D eigenvalue weighted by Crippen LogP contribution is -2.21. The summed E-state index contributed by atoms with van der Waals surface area (Å²) in [6.07, 6.45) is -0.642. The highest BCUT2D eigenvalue weighted by molar-refractivity contribution is 6.33. The van der Waals surface area contributed by atoms with Crippen molar-refractivity contribution < 1.29 is 9.53 Å². The van der Waals surface area contributed by atoms with Crippen LogP contribution in [-0.2, 0) is 22.0 Å². The molecule has 0 spiro atoms. The van der Waals surface area contributed by atoms with E-state index in [0.29, 0.717) is 16.4 Å². The monoisotopic (exact) mass is 283 g/mol. The summed E-state index contributed by atoms with van der Waals surface area (Å²) in [6.45, 7) is 7.98. The molecule has 0 aromatic carbocycles. The topological polar surface area (TPSA) is 56.1 Å². The molecule has 2 rings (SSSR count). The van der Waals surface area contributed by atoms with Gasteiger partial charge in [-0.05, 0) is 6.92 Å². The molecule has 1 atom stereocenters. The summed E-state index contributed by atoms with van der Waals surface area (Å²) >= 11 is 6.05. The van der Waals surface area contributed by atoms with E-state index in [1.165, 1.54) is 0 Å². The van der Waals surface area contributed by atoms with E-state index < -0.39 is 12.2 Å². The molecule has 1 aliphatic heterocycles. The Balaban J connectivity index is 2.20. The number of cyclic esters (lactones) is 1. The summed E-state index contributed by atoms with van der Waals surface area (Å²) < 4.78 is 6.93. The van der Waals surface area contributed by atoms with Crippen LogP contribution < -0.4 is 5.32 Å². The van der Waals surface area contributed by atoms with Crippen molar-refractivity contribution in [3.63, 3.8) is 0 Å². The number of esters is 1. The second-order valence-corrected chi connectivity index (χ2v) is 6.10. The first kappa shape index (κ1) is 13.9. The average molecular weight is 284 g/mol. The largest absolute Gasteiger partial charge is 0.433 e. The number of halogens is 1. The summed E-state index contributed by atoms with van der Waals surface area (Å²) in [6, 6.07) is 1.94. The number of ether oxygens (including phenoxy) is 1. The van der Waals surface area contributed by atoms with Crippen LogP contribution >= 0.6 is 11.6 Å². The Morgan fingerprint density at radius 1 is 1.47 bits per heavy atom. The van der Waals surface area contributed by atoms with Crippen molar-refractivity contribution in [2.24, 2.45) is 7.05 Å². The SMILES string of the molecule is CC1=C(Cl)C(Nc2cc(C(C)(C)C)n(C)n2)OC1=O. The van der Waals surface area contributed by atoms with Crippen LogP contribution in [0.3, 0.4) is 0 Å². The number of carbonyl (C=O) groups is 1. The Morgan fingerprint density at radius 2 is 2.11 bits per heavy atom. The van der Waals surface area contributed by atoms with E-state index in [0.717, 1.165) is 5.69 Å². The molecule has 5 nitrogen and oxygen atoms in total. The van der Waals surface area contributed by atoms with Gasteiger partial charge in [0.2, 0.25) is 6.23 Å². The number of hydrogen-bond acceptors (Lipinski definition) is 4. The number of carbonyl (C=O) groups excluding carboxylic acids is 1. The van der Waals surface area contributed by atoms with Crippen molar-refractivity contribution in [3.8, 4) is 0 Å². The summed E-state index contributed by atoms with van der Waals surface area (Å²) in [7, 11) is 1.88. The molecule has 6 heteroatoms. The Bertz CT molecular complexity index is 555. The highest BCUT2D eigenvalue weighted by atomic mass is 35.5. The first-order valence-corrected chi connectivity index (χ1v) is 6.46. The van der Waals surface area contributed by atoms with Gasteiger partial charge in [-0.15, -0.1) is 0 Å². The Hall–Kier alpha value is -1.49. The Labute approximate surface area is 117 Å². The van der Waals surface area contributed by atoms with Crippen LogP contribution in [0.25, 0.3) is 0 Å². The molecule has 1 aliphatic rings. The minimum atomic E-state index is -0.642. The molecule has 1 unspecified atom stereocenters. The van der Waals surface area contributed by atoms with Crippen LogP contribution in [0.4, 0.5) is 5.82 Å². The van der Waals surface area contributed by atoms with Crippen molar-refractivity contribution in [1.29, 1.82) is 0 Å². The molecule has 19 heavy (non-hydrogen) atoms. The van der Waals surface area contributed by atoms with E-state index in [4.69, 9.17) is 16.3 Å². The van der Waals surface area contributed by atoms with Crippen LogP contribution in [0, 0.1) is 0 Å². The third-order valence-electron chi connectivity index (χ3n) is 3.05.